The molecule has 0 bridgehead atoms. The van der Waals surface area contributed by atoms with Gasteiger partial charge in [-0.25, -0.2) is 15.0 Å². The molecular formula is C8H11N5S. The first-order chi connectivity index (χ1) is 6.74. The molecule has 0 spiro atoms. The third-order valence-electron chi connectivity index (χ3n) is 1.96. The van der Waals surface area contributed by atoms with Crippen molar-refractivity contribution in [2.45, 2.75) is 18.1 Å². The number of hydrogen-bond donors (Lipinski definition) is 1. The van der Waals surface area contributed by atoms with Gasteiger partial charge in [0, 0.05) is 0 Å². The third-order valence-corrected chi connectivity index (χ3v) is 2.64. The van der Waals surface area contributed by atoms with Crippen molar-refractivity contribution in [3.63, 3.8) is 0 Å². The van der Waals surface area contributed by atoms with Crippen LogP contribution in [0.5, 0.6) is 0 Å². The molecule has 0 aliphatic carbocycles. The molecule has 0 saturated carbocycles. The Bertz CT molecular complexity index is 450. The van der Waals surface area contributed by atoms with Crippen molar-refractivity contribution in [3.05, 3.63) is 12.7 Å². The van der Waals surface area contributed by atoms with Crippen molar-refractivity contribution in [2.24, 2.45) is 5.73 Å². The summed E-state index contributed by atoms with van der Waals surface area (Å²) in [4.78, 5) is 12.5. The van der Waals surface area contributed by atoms with Crippen LogP contribution in [0.3, 0.4) is 0 Å². The summed E-state index contributed by atoms with van der Waals surface area (Å²) in [5.41, 5.74) is 7.38. The van der Waals surface area contributed by atoms with Gasteiger partial charge in [0.25, 0.3) is 0 Å². The molecule has 2 N–H and O–H groups in total. The lowest BCUT2D eigenvalue weighted by Gasteiger charge is -2.06. The van der Waals surface area contributed by atoms with Crippen LogP contribution >= 0.6 is 11.8 Å². The first kappa shape index (κ1) is 9.42. The minimum Gasteiger partial charge on any atom is -0.311 e. The summed E-state index contributed by atoms with van der Waals surface area (Å²) >= 11 is 1.56. The minimum atomic E-state index is -0.121. The van der Waals surface area contributed by atoms with E-state index in [1.807, 2.05) is 17.7 Å². The average Bonchev–Trinajstić information content (AvgIpc) is 2.60. The Morgan fingerprint density at radius 1 is 1.43 bits per heavy atom. The molecule has 2 rings (SSSR count). The molecule has 0 aliphatic rings. The SMILES string of the molecule is CSc1ncnc2c1ncn2C(C)N. The van der Waals surface area contributed by atoms with Crippen molar-refractivity contribution in [3.8, 4) is 0 Å². The van der Waals surface area contributed by atoms with E-state index in [-0.39, 0.29) is 6.17 Å². The van der Waals surface area contributed by atoms with Gasteiger partial charge in [-0.15, -0.1) is 11.8 Å². The highest BCUT2D eigenvalue weighted by atomic mass is 32.2. The molecule has 14 heavy (non-hydrogen) atoms. The fourth-order valence-corrected chi connectivity index (χ4v) is 1.77. The largest absolute Gasteiger partial charge is 0.311 e. The molecule has 0 aliphatic heterocycles. The molecule has 1 atom stereocenters. The van der Waals surface area contributed by atoms with Gasteiger partial charge in [-0.2, -0.15) is 0 Å². The van der Waals surface area contributed by atoms with Gasteiger partial charge in [0.2, 0.25) is 0 Å². The Balaban J connectivity index is 2.69. The topological polar surface area (TPSA) is 69.6 Å². The van der Waals surface area contributed by atoms with E-state index in [9.17, 15) is 0 Å². The Hall–Kier alpha value is -1.14. The first-order valence-electron chi connectivity index (χ1n) is 4.21. The summed E-state index contributed by atoms with van der Waals surface area (Å²) in [5, 5.41) is 0.884. The number of nitrogens with two attached hydrogens (primary N) is 1. The lowest BCUT2D eigenvalue weighted by Crippen LogP contribution is -2.13. The lowest BCUT2D eigenvalue weighted by atomic mass is 10.5. The molecule has 0 radical (unpaired) electrons. The van der Waals surface area contributed by atoms with Crippen molar-refractivity contribution in [1.29, 1.82) is 0 Å². The maximum atomic E-state index is 5.77. The summed E-state index contributed by atoms with van der Waals surface area (Å²) in [5.74, 6) is 0. The first-order valence-corrected chi connectivity index (χ1v) is 5.43. The fraction of sp³-hybridized carbons (Fsp3) is 0.375. The number of fused-ring (bicyclic) bond motifs is 1. The van der Waals surface area contributed by atoms with Crippen molar-refractivity contribution in [1.82, 2.24) is 19.5 Å². The molecule has 0 aromatic carbocycles. The zero-order valence-corrected chi connectivity index (χ0v) is 8.82. The summed E-state index contributed by atoms with van der Waals surface area (Å²) in [7, 11) is 0. The summed E-state index contributed by atoms with van der Waals surface area (Å²) < 4.78 is 1.83. The summed E-state index contributed by atoms with van der Waals surface area (Å²) in [6, 6.07) is 0. The average molecular weight is 209 g/mol. The standard InChI is InChI=1S/C8H11N5S/c1-5(9)13-4-12-6-7(13)10-3-11-8(6)14-2/h3-5H,9H2,1-2H3. The van der Waals surface area contributed by atoms with E-state index in [0.717, 1.165) is 16.2 Å². The number of imidazole rings is 1. The fourth-order valence-electron chi connectivity index (χ4n) is 1.28. The number of thioether (sulfide) groups is 1. The summed E-state index contributed by atoms with van der Waals surface area (Å²) in [6.07, 6.45) is 5.08. The molecule has 74 valence electrons. The van der Waals surface area contributed by atoms with E-state index < -0.39 is 0 Å². The van der Waals surface area contributed by atoms with E-state index in [0.29, 0.717) is 0 Å². The highest BCUT2D eigenvalue weighted by Gasteiger charge is 2.10. The van der Waals surface area contributed by atoms with Gasteiger partial charge in [0.1, 0.15) is 16.9 Å². The highest BCUT2D eigenvalue weighted by molar-refractivity contribution is 7.98. The Morgan fingerprint density at radius 3 is 2.86 bits per heavy atom. The minimum absolute atomic E-state index is 0.121. The molecule has 0 amide bonds. The predicted molar refractivity (Wildman–Crippen MR) is 56.0 cm³/mol. The normalized spacial score (nSPS) is 13.4. The van der Waals surface area contributed by atoms with Crippen LogP contribution in [0.25, 0.3) is 11.2 Å². The summed E-state index contributed by atoms with van der Waals surface area (Å²) in [6.45, 7) is 1.89. The van der Waals surface area contributed by atoms with Crippen LogP contribution in [0.1, 0.15) is 13.1 Å². The van der Waals surface area contributed by atoms with Crippen molar-refractivity contribution >= 4 is 22.9 Å². The number of rotatable bonds is 2. The number of nitrogens with zero attached hydrogens (tertiary/aromatic N) is 4. The van der Waals surface area contributed by atoms with Crippen LogP contribution in [0.4, 0.5) is 0 Å². The quantitative estimate of drug-likeness (QED) is 0.591. The molecule has 2 aromatic rings. The molecule has 1 unspecified atom stereocenters. The van der Waals surface area contributed by atoms with Gasteiger partial charge in [0.05, 0.1) is 12.5 Å². The van der Waals surface area contributed by atoms with E-state index >= 15 is 0 Å². The molecule has 5 nitrogen and oxygen atoms in total. The second-order valence-corrected chi connectivity index (χ2v) is 3.74. The van der Waals surface area contributed by atoms with E-state index in [4.69, 9.17) is 5.73 Å². The monoisotopic (exact) mass is 209 g/mol. The Morgan fingerprint density at radius 2 is 2.21 bits per heavy atom. The number of aromatic nitrogens is 4. The van der Waals surface area contributed by atoms with Crippen molar-refractivity contribution < 1.29 is 0 Å². The van der Waals surface area contributed by atoms with Crippen molar-refractivity contribution in [2.75, 3.05) is 6.26 Å². The van der Waals surface area contributed by atoms with E-state index in [1.165, 1.54) is 6.33 Å². The highest BCUT2D eigenvalue weighted by Crippen LogP contribution is 2.21. The third kappa shape index (κ3) is 1.36. The van der Waals surface area contributed by atoms with Gasteiger partial charge in [-0.05, 0) is 13.2 Å². The van der Waals surface area contributed by atoms with Gasteiger partial charge < -0.3 is 5.73 Å². The zero-order chi connectivity index (χ0) is 10.1. The number of hydrogen-bond acceptors (Lipinski definition) is 5. The predicted octanol–water partition coefficient (Wildman–Crippen LogP) is 1.03. The van der Waals surface area contributed by atoms with Gasteiger partial charge in [0.15, 0.2) is 5.65 Å². The molecule has 0 fully saturated rings. The van der Waals surface area contributed by atoms with Gasteiger partial charge in [-0.3, -0.25) is 4.57 Å². The maximum absolute atomic E-state index is 5.77. The molecule has 2 aromatic heterocycles. The Labute approximate surface area is 85.7 Å². The second kappa shape index (κ2) is 3.55. The molecule has 6 heteroatoms. The molecule has 2 heterocycles. The lowest BCUT2D eigenvalue weighted by molar-refractivity contribution is 0.583. The van der Waals surface area contributed by atoms with E-state index in [2.05, 4.69) is 15.0 Å². The maximum Gasteiger partial charge on any atom is 0.165 e. The van der Waals surface area contributed by atoms with Crippen LogP contribution in [-0.4, -0.2) is 25.8 Å². The van der Waals surface area contributed by atoms with Crippen LogP contribution in [0.2, 0.25) is 0 Å². The molecule has 0 saturated heterocycles. The smallest absolute Gasteiger partial charge is 0.165 e. The van der Waals surface area contributed by atoms with Crippen LogP contribution < -0.4 is 5.73 Å². The van der Waals surface area contributed by atoms with Gasteiger partial charge >= 0.3 is 0 Å². The molecular weight excluding hydrogens is 198 g/mol. The second-order valence-electron chi connectivity index (χ2n) is 2.95. The van der Waals surface area contributed by atoms with Gasteiger partial charge in [-0.1, -0.05) is 0 Å². The van der Waals surface area contributed by atoms with Crippen LogP contribution in [0, 0.1) is 0 Å². The Kier molecular flexibility index (Phi) is 2.39. The van der Waals surface area contributed by atoms with Crippen LogP contribution in [-0.2, 0) is 0 Å². The zero-order valence-electron chi connectivity index (χ0n) is 8.01. The van der Waals surface area contributed by atoms with Crippen LogP contribution in [0.15, 0.2) is 17.7 Å². The van der Waals surface area contributed by atoms with E-state index in [1.54, 1.807) is 18.1 Å².